The molecule has 1 atom stereocenters. The number of allylic oxidation sites excluding steroid dienone is 2. The Hall–Kier alpha value is -5.25. The number of carboxylic acids is 1. The Morgan fingerprint density at radius 3 is 2.38 bits per heavy atom. The number of carbonyl (C=O) groups excluding carboxylic acids is 1. The molecule has 42 heavy (non-hydrogen) atoms. The third kappa shape index (κ3) is 7.91. The highest BCUT2D eigenvalue weighted by Gasteiger charge is 2.19. The number of benzene rings is 3. The minimum atomic E-state index is -1.07. The van der Waals surface area contributed by atoms with Crippen LogP contribution in [-0.4, -0.2) is 39.4 Å². The van der Waals surface area contributed by atoms with E-state index in [2.05, 4.69) is 10.3 Å². The van der Waals surface area contributed by atoms with Crippen LogP contribution in [0.3, 0.4) is 0 Å². The van der Waals surface area contributed by atoms with E-state index in [9.17, 15) is 24.8 Å². The maximum Gasteiger partial charge on any atom is 0.326 e. The highest BCUT2D eigenvalue weighted by atomic mass is 16.6. The summed E-state index contributed by atoms with van der Waals surface area (Å²) in [5.74, 6) is 0.606. The molecule has 0 bridgehead atoms. The first-order chi connectivity index (χ1) is 20.2. The van der Waals surface area contributed by atoms with E-state index in [1.54, 1.807) is 31.2 Å². The zero-order chi connectivity index (χ0) is 30.1. The van der Waals surface area contributed by atoms with Crippen molar-refractivity contribution < 1.29 is 28.8 Å². The first-order valence-electron chi connectivity index (χ1n) is 13.5. The zero-order valence-electron chi connectivity index (χ0n) is 23.3. The monoisotopic (exact) mass is 569 g/mol. The van der Waals surface area contributed by atoms with Gasteiger partial charge in [0.25, 0.3) is 5.69 Å². The lowest BCUT2D eigenvalue weighted by Crippen LogP contribution is -2.37. The maximum atomic E-state index is 12.5. The van der Waals surface area contributed by atoms with Crippen LogP contribution < -0.4 is 10.1 Å². The van der Waals surface area contributed by atoms with Crippen molar-refractivity contribution in [1.82, 2.24) is 10.3 Å². The third-order valence-electron chi connectivity index (χ3n) is 6.50. The Balaban J connectivity index is 1.31. The molecule has 0 radical (unpaired) electrons. The molecule has 4 rings (SSSR count). The van der Waals surface area contributed by atoms with Gasteiger partial charge in [-0.25, -0.2) is 9.78 Å². The van der Waals surface area contributed by atoms with E-state index < -0.39 is 22.7 Å². The maximum absolute atomic E-state index is 12.5. The number of nitro benzene ring substituents is 1. The summed E-state index contributed by atoms with van der Waals surface area (Å²) >= 11 is 0. The third-order valence-corrected chi connectivity index (χ3v) is 6.50. The first-order valence-corrected chi connectivity index (χ1v) is 13.5. The van der Waals surface area contributed by atoms with Gasteiger partial charge in [0.2, 0.25) is 5.89 Å². The van der Waals surface area contributed by atoms with Crippen molar-refractivity contribution >= 4 is 17.4 Å². The van der Waals surface area contributed by atoms with Crippen molar-refractivity contribution in [2.75, 3.05) is 6.61 Å². The second-order valence-electron chi connectivity index (χ2n) is 9.59. The molecule has 10 nitrogen and oxygen atoms in total. The number of nitrogens with zero attached hydrogens (tertiary/aromatic N) is 2. The Kier molecular flexibility index (Phi) is 9.83. The van der Waals surface area contributed by atoms with Crippen molar-refractivity contribution in [3.05, 3.63) is 123 Å². The molecule has 0 aliphatic heterocycles. The van der Waals surface area contributed by atoms with Crippen LogP contribution in [-0.2, 0) is 24.1 Å². The van der Waals surface area contributed by atoms with Crippen molar-refractivity contribution in [2.24, 2.45) is 0 Å². The standard InChI is InChI=1S/C32H31N3O7/c1-3-30-27(34-31(42-30)24-7-5-4-6-8-24)17-18-41-26-15-9-22(10-16-26)20-28(32(37)38)33-21(2)19-29(36)23-11-13-25(14-12-23)35(39)40/h4-16,19,28,33H,3,17-18,20H2,1-2H3,(H,37,38)/b21-19-/t28-/m0/s1. The predicted molar refractivity (Wildman–Crippen MR) is 156 cm³/mol. The SMILES string of the molecule is CCc1oc(-c2ccccc2)nc1CCOc1ccc(C[C@H](N/C(C)=C\C(=O)c2ccc([N+](=O)[O-])cc2)C(=O)O)cc1. The quantitative estimate of drug-likeness (QED) is 0.0832. The van der Waals surface area contributed by atoms with Gasteiger partial charge in [-0.2, -0.15) is 0 Å². The molecule has 0 fully saturated rings. The summed E-state index contributed by atoms with van der Waals surface area (Å²) in [5, 5.41) is 23.4. The average molecular weight is 570 g/mol. The zero-order valence-corrected chi connectivity index (χ0v) is 23.3. The predicted octanol–water partition coefficient (Wildman–Crippen LogP) is 5.81. The fraction of sp³-hybridized carbons (Fsp3) is 0.219. The first kappa shape index (κ1) is 29.7. The van der Waals surface area contributed by atoms with Crippen LogP contribution in [0.5, 0.6) is 5.75 Å². The summed E-state index contributed by atoms with van der Waals surface area (Å²) < 4.78 is 11.8. The molecule has 0 saturated heterocycles. The summed E-state index contributed by atoms with van der Waals surface area (Å²) in [6, 6.07) is 21.1. The number of nitro groups is 1. The lowest BCUT2D eigenvalue weighted by Gasteiger charge is -2.16. The van der Waals surface area contributed by atoms with Gasteiger partial charge in [-0.3, -0.25) is 14.9 Å². The molecule has 0 unspecified atom stereocenters. The number of aromatic nitrogens is 1. The molecule has 0 amide bonds. The largest absolute Gasteiger partial charge is 0.493 e. The summed E-state index contributed by atoms with van der Waals surface area (Å²) in [4.78, 5) is 39.3. The van der Waals surface area contributed by atoms with Crippen LogP contribution >= 0.6 is 0 Å². The molecule has 0 aliphatic carbocycles. The molecule has 2 N–H and O–H groups in total. The van der Waals surface area contributed by atoms with Crippen LogP contribution in [0.25, 0.3) is 11.5 Å². The number of nitrogens with one attached hydrogen (secondary N) is 1. The van der Waals surface area contributed by atoms with Crippen molar-refractivity contribution in [3.8, 4) is 17.2 Å². The smallest absolute Gasteiger partial charge is 0.326 e. The van der Waals surface area contributed by atoms with Crippen LogP contribution in [0, 0.1) is 10.1 Å². The van der Waals surface area contributed by atoms with Crippen molar-refractivity contribution in [3.63, 3.8) is 0 Å². The number of oxazole rings is 1. The number of hydrogen-bond donors (Lipinski definition) is 2. The number of non-ortho nitro benzene ring substituents is 1. The molecular weight excluding hydrogens is 538 g/mol. The number of carbonyl (C=O) groups is 2. The van der Waals surface area contributed by atoms with Crippen LogP contribution in [0.15, 0.2) is 95.1 Å². The van der Waals surface area contributed by atoms with E-state index in [1.165, 1.54) is 30.3 Å². The highest BCUT2D eigenvalue weighted by molar-refractivity contribution is 6.05. The van der Waals surface area contributed by atoms with Gasteiger partial charge in [-0.1, -0.05) is 37.3 Å². The normalized spacial score (nSPS) is 12.0. The van der Waals surface area contributed by atoms with E-state index in [0.29, 0.717) is 30.4 Å². The average Bonchev–Trinajstić information content (AvgIpc) is 3.41. The van der Waals surface area contributed by atoms with Gasteiger partial charge in [0.15, 0.2) is 5.78 Å². The minimum Gasteiger partial charge on any atom is -0.493 e. The Morgan fingerprint density at radius 1 is 1.07 bits per heavy atom. The topological polar surface area (TPSA) is 145 Å². The Morgan fingerprint density at radius 2 is 1.76 bits per heavy atom. The molecule has 4 aromatic rings. The molecule has 1 heterocycles. The summed E-state index contributed by atoms with van der Waals surface area (Å²) in [6.07, 6.45) is 2.75. The van der Waals surface area contributed by atoms with Crippen molar-refractivity contribution in [1.29, 1.82) is 0 Å². The van der Waals surface area contributed by atoms with Gasteiger partial charge >= 0.3 is 5.97 Å². The number of aryl methyl sites for hydroxylation is 1. The molecule has 3 aromatic carbocycles. The summed E-state index contributed by atoms with van der Waals surface area (Å²) in [5.41, 5.74) is 3.06. The van der Waals surface area contributed by atoms with Crippen LogP contribution in [0.4, 0.5) is 5.69 Å². The van der Waals surface area contributed by atoms with Gasteiger partial charge in [0.1, 0.15) is 17.6 Å². The van der Waals surface area contributed by atoms with E-state index in [4.69, 9.17) is 9.15 Å². The van der Waals surface area contributed by atoms with E-state index >= 15 is 0 Å². The second-order valence-corrected chi connectivity index (χ2v) is 9.59. The molecular formula is C32H31N3O7. The van der Waals surface area contributed by atoms with Gasteiger partial charge in [-0.05, 0) is 48.9 Å². The van der Waals surface area contributed by atoms with Gasteiger partial charge < -0.3 is 19.6 Å². The molecule has 10 heteroatoms. The van der Waals surface area contributed by atoms with E-state index in [1.807, 2.05) is 37.3 Å². The van der Waals surface area contributed by atoms with E-state index in [-0.39, 0.29) is 17.7 Å². The molecule has 1 aromatic heterocycles. The van der Waals surface area contributed by atoms with Crippen LogP contribution in [0.1, 0.15) is 41.2 Å². The second kappa shape index (κ2) is 13.9. The van der Waals surface area contributed by atoms with Crippen molar-refractivity contribution in [2.45, 2.75) is 39.2 Å². The molecule has 0 saturated carbocycles. The molecule has 0 aliphatic rings. The molecule has 0 spiro atoms. The van der Waals surface area contributed by atoms with Gasteiger partial charge in [-0.15, -0.1) is 0 Å². The lowest BCUT2D eigenvalue weighted by molar-refractivity contribution is -0.384. The molecule has 216 valence electrons. The van der Waals surface area contributed by atoms with Gasteiger partial charge in [0, 0.05) is 54.3 Å². The van der Waals surface area contributed by atoms with E-state index in [0.717, 1.165) is 29.0 Å². The Bertz CT molecular complexity index is 1560. The number of ether oxygens (including phenoxy) is 1. The Labute approximate surface area is 242 Å². The van der Waals surface area contributed by atoms with Crippen LogP contribution in [0.2, 0.25) is 0 Å². The number of rotatable bonds is 14. The fourth-order valence-electron chi connectivity index (χ4n) is 4.33. The number of ketones is 1. The minimum absolute atomic E-state index is 0.120. The summed E-state index contributed by atoms with van der Waals surface area (Å²) in [7, 11) is 0. The fourth-order valence-corrected chi connectivity index (χ4v) is 4.33. The summed E-state index contributed by atoms with van der Waals surface area (Å²) in [6.45, 7) is 4.02. The highest BCUT2D eigenvalue weighted by Crippen LogP contribution is 2.23. The van der Waals surface area contributed by atoms with Gasteiger partial charge in [0.05, 0.1) is 17.2 Å². The number of aliphatic carboxylic acids is 1. The lowest BCUT2D eigenvalue weighted by atomic mass is 10.0. The number of carboxylic acid groups (broad SMARTS) is 1. The number of hydrogen-bond acceptors (Lipinski definition) is 8.